The van der Waals surface area contributed by atoms with Crippen LogP contribution in [0.4, 0.5) is 5.69 Å². The van der Waals surface area contributed by atoms with Crippen LogP contribution in [-0.2, 0) is 15.8 Å². The first-order valence-corrected chi connectivity index (χ1v) is 10.9. The second kappa shape index (κ2) is 9.01. The van der Waals surface area contributed by atoms with Gasteiger partial charge in [0.05, 0.1) is 4.90 Å². The van der Waals surface area contributed by atoms with Crippen LogP contribution in [0.25, 0.3) is 0 Å². The standard InChI is InChI=1S/C20H19N3O3S2/c1-21-28(25,26)19-10-4-16(5-11-19)20(24)23-17-6-8-18(9-7-17)27-14-15-3-2-12-22-13-15/h2-13,21H,14H2,1H3,(H,23,24). The predicted molar refractivity (Wildman–Crippen MR) is 111 cm³/mol. The number of hydrogen-bond acceptors (Lipinski definition) is 5. The normalized spacial score (nSPS) is 11.2. The van der Waals surface area contributed by atoms with E-state index in [1.807, 2.05) is 42.6 Å². The number of carbonyl (C=O) groups is 1. The summed E-state index contributed by atoms with van der Waals surface area (Å²) >= 11 is 1.69. The quantitative estimate of drug-likeness (QED) is 0.579. The summed E-state index contributed by atoms with van der Waals surface area (Å²) in [6.07, 6.45) is 3.59. The van der Waals surface area contributed by atoms with Gasteiger partial charge in [0.15, 0.2) is 0 Å². The molecule has 28 heavy (non-hydrogen) atoms. The molecule has 0 aliphatic carbocycles. The Hall–Kier alpha value is -2.68. The monoisotopic (exact) mass is 413 g/mol. The maximum Gasteiger partial charge on any atom is 0.255 e. The fourth-order valence-corrected chi connectivity index (χ4v) is 3.95. The Labute approximate surface area is 168 Å². The molecule has 144 valence electrons. The summed E-state index contributed by atoms with van der Waals surface area (Å²) in [4.78, 5) is 17.6. The second-order valence-corrected chi connectivity index (χ2v) is 8.80. The number of carbonyl (C=O) groups excluding carboxylic acids is 1. The summed E-state index contributed by atoms with van der Waals surface area (Å²) in [6, 6.07) is 17.3. The molecular weight excluding hydrogens is 394 g/mol. The van der Waals surface area contributed by atoms with Gasteiger partial charge in [0, 0.05) is 34.3 Å². The summed E-state index contributed by atoms with van der Waals surface area (Å²) < 4.78 is 25.7. The van der Waals surface area contributed by atoms with E-state index in [1.54, 1.807) is 18.0 Å². The number of anilines is 1. The number of aromatic nitrogens is 1. The van der Waals surface area contributed by atoms with Crippen molar-refractivity contribution >= 4 is 33.4 Å². The minimum absolute atomic E-state index is 0.113. The number of nitrogens with zero attached hydrogens (tertiary/aromatic N) is 1. The number of sulfonamides is 1. The molecule has 1 heterocycles. The first-order chi connectivity index (χ1) is 13.5. The number of thioether (sulfide) groups is 1. The highest BCUT2D eigenvalue weighted by atomic mass is 32.2. The average Bonchev–Trinajstić information content (AvgIpc) is 2.74. The van der Waals surface area contributed by atoms with E-state index in [9.17, 15) is 13.2 Å². The Morgan fingerprint density at radius 1 is 1.04 bits per heavy atom. The summed E-state index contributed by atoms with van der Waals surface area (Å²) in [7, 11) is -2.18. The first-order valence-electron chi connectivity index (χ1n) is 8.45. The number of rotatable bonds is 7. The zero-order valence-corrected chi connectivity index (χ0v) is 16.8. The van der Waals surface area contributed by atoms with Crippen molar-refractivity contribution in [2.24, 2.45) is 0 Å². The molecule has 2 N–H and O–H groups in total. The molecule has 0 radical (unpaired) electrons. The van der Waals surface area contributed by atoms with Crippen molar-refractivity contribution in [3.63, 3.8) is 0 Å². The molecule has 0 saturated heterocycles. The van der Waals surface area contributed by atoms with Crippen LogP contribution in [-0.4, -0.2) is 26.4 Å². The number of hydrogen-bond donors (Lipinski definition) is 2. The second-order valence-electron chi connectivity index (χ2n) is 5.86. The van der Waals surface area contributed by atoms with Crippen LogP contribution in [0, 0.1) is 0 Å². The van der Waals surface area contributed by atoms with Crippen molar-refractivity contribution in [2.75, 3.05) is 12.4 Å². The molecule has 3 rings (SSSR count). The Morgan fingerprint density at radius 2 is 1.75 bits per heavy atom. The maximum atomic E-state index is 12.4. The van der Waals surface area contributed by atoms with Crippen LogP contribution in [0.3, 0.4) is 0 Å². The average molecular weight is 414 g/mol. The lowest BCUT2D eigenvalue weighted by Crippen LogP contribution is -2.19. The van der Waals surface area contributed by atoms with E-state index in [1.165, 1.54) is 31.3 Å². The third kappa shape index (κ3) is 5.19. The third-order valence-corrected chi connectivity index (χ3v) is 6.45. The third-order valence-electron chi connectivity index (χ3n) is 3.94. The van der Waals surface area contributed by atoms with Gasteiger partial charge in [-0.3, -0.25) is 9.78 Å². The molecule has 3 aromatic rings. The maximum absolute atomic E-state index is 12.4. The summed E-state index contributed by atoms with van der Waals surface area (Å²) in [6.45, 7) is 0. The molecule has 0 saturated carbocycles. The molecule has 8 heteroatoms. The van der Waals surface area contributed by atoms with Gasteiger partial charge in [-0.15, -0.1) is 11.8 Å². The largest absolute Gasteiger partial charge is 0.322 e. The Kier molecular flexibility index (Phi) is 6.45. The van der Waals surface area contributed by atoms with Crippen LogP contribution in [0.1, 0.15) is 15.9 Å². The molecule has 1 amide bonds. The van der Waals surface area contributed by atoms with Crippen LogP contribution >= 0.6 is 11.8 Å². The molecule has 0 fully saturated rings. The lowest BCUT2D eigenvalue weighted by atomic mass is 10.2. The smallest absolute Gasteiger partial charge is 0.255 e. The van der Waals surface area contributed by atoms with E-state index >= 15 is 0 Å². The summed E-state index contributed by atoms with van der Waals surface area (Å²) in [5.41, 5.74) is 2.20. The number of nitrogens with one attached hydrogen (secondary N) is 2. The SMILES string of the molecule is CNS(=O)(=O)c1ccc(C(=O)Nc2ccc(SCc3cccnc3)cc2)cc1. The van der Waals surface area contributed by atoms with Gasteiger partial charge >= 0.3 is 0 Å². The molecular formula is C20H19N3O3S2. The Bertz CT molecular complexity index is 1040. The minimum Gasteiger partial charge on any atom is -0.322 e. The number of amides is 1. The van der Waals surface area contributed by atoms with E-state index in [2.05, 4.69) is 15.0 Å². The molecule has 6 nitrogen and oxygen atoms in total. The van der Waals surface area contributed by atoms with Gasteiger partial charge in [-0.25, -0.2) is 13.1 Å². The van der Waals surface area contributed by atoms with Crippen molar-refractivity contribution in [3.05, 3.63) is 84.2 Å². The molecule has 0 aliphatic heterocycles. The minimum atomic E-state index is -3.52. The lowest BCUT2D eigenvalue weighted by Gasteiger charge is -2.08. The summed E-state index contributed by atoms with van der Waals surface area (Å²) in [5, 5.41) is 2.81. The van der Waals surface area contributed by atoms with Gasteiger partial charge in [-0.1, -0.05) is 6.07 Å². The molecule has 0 spiro atoms. The van der Waals surface area contributed by atoms with Crippen molar-refractivity contribution in [2.45, 2.75) is 15.5 Å². The van der Waals surface area contributed by atoms with Crippen LogP contribution in [0.5, 0.6) is 0 Å². The lowest BCUT2D eigenvalue weighted by molar-refractivity contribution is 0.102. The van der Waals surface area contributed by atoms with Gasteiger partial charge < -0.3 is 5.32 Å². The van der Waals surface area contributed by atoms with Gasteiger partial charge in [-0.05, 0) is 67.2 Å². The number of benzene rings is 2. The fourth-order valence-electron chi connectivity index (χ4n) is 2.39. The number of pyridine rings is 1. The van der Waals surface area contributed by atoms with Crippen LogP contribution < -0.4 is 10.0 Å². The van der Waals surface area contributed by atoms with E-state index in [4.69, 9.17) is 0 Å². The molecule has 0 atom stereocenters. The molecule has 2 aromatic carbocycles. The topological polar surface area (TPSA) is 88.2 Å². The molecule has 0 aliphatic rings. The van der Waals surface area contributed by atoms with Crippen molar-refractivity contribution in [1.82, 2.24) is 9.71 Å². The highest BCUT2D eigenvalue weighted by Gasteiger charge is 2.12. The fraction of sp³-hybridized carbons (Fsp3) is 0.100. The highest BCUT2D eigenvalue weighted by molar-refractivity contribution is 7.98. The van der Waals surface area contributed by atoms with Gasteiger partial charge in [0.2, 0.25) is 10.0 Å². The van der Waals surface area contributed by atoms with Crippen molar-refractivity contribution in [3.8, 4) is 0 Å². The zero-order chi connectivity index (χ0) is 20.0. The van der Waals surface area contributed by atoms with Crippen molar-refractivity contribution in [1.29, 1.82) is 0 Å². The van der Waals surface area contributed by atoms with Crippen LogP contribution in [0.2, 0.25) is 0 Å². The van der Waals surface area contributed by atoms with E-state index < -0.39 is 10.0 Å². The van der Waals surface area contributed by atoms with Crippen molar-refractivity contribution < 1.29 is 13.2 Å². The molecule has 0 unspecified atom stereocenters. The predicted octanol–water partition coefficient (Wildman–Crippen LogP) is 3.53. The van der Waals surface area contributed by atoms with E-state index in [0.29, 0.717) is 11.3 Å². The van der Waals surface area contributed by atoms with Gasteiger partial charge in [0.25, 0.3) is 5.91 Å². The molecule has 1 aromatic heterocycles. The van der Waals surface area contributed by atoms with Crippen LogP contribution in [0.15, 0.2) is 82.8 Å². The Morgan fingerprint density at radius 3 is 2.36 bits per heavy atom. The highest BCUT2D eigenvalue weighted by Crippen LogP contribution is 2.24. The van der Waals surface area contributed by atoms with E-state index in [-0.39, 0.29) is 10.8 Å². The summed E-state index contributed by atoms with van der Waals surface area (Å²) in [5.74, 6) is 0.519. The molecule has 0 bridgehead atoms. The van der Waals surface area contributed by atoms with Gasteiger partial charge in [0.1, 0.15) is 0 Å². The first kappa shape index (κ1) is 20.1. The zero-order valence-electron chi connectivity index (χ0n) is 15.1. The van der Waals surface area contributed by atoms with E-state index in [0.717, 1.165) is 16.2 Å². The van der Waals surface area contributed by atoms with Gasteiger partial charge in [-0.2, -0.15) is 0 Å². The Balaban J connectivity index is 1.60.